The summed E-state index contributed by atoms with van der Waals surface area (Å²) in [5, 5.41) is 9.55. The summed E-state index contributed by atoms with van der Waals surface area (Å²) in [7, 11) is 0. The van der Waals surface area contributed by atoms with Gasteiger partial charge in [-0.2, -0.15) is 5.26 Å². The monoisotopic (exact) mass is 330 g/mol. The molecule has 0 aliphatic carbocycles. The fourth-order valence-corrected chi connectivity index (χ4v) is 4.16. The number of nitriles is 1. The van der Waals surface area contributed by atoms with Gasteiger partial charge in [-0.05, 0) is 68.0 Å². The number of allylic oxidation sites excluding steroid dienone is 1. The average molecular weight is 330 g/mol. The molecule has 2 nitrogen and oxygen atoms in total. The molecule has 0 saturated carbocycles. The van der Waals surface area contributed by atoms with Gasteiger partial charge in [-0.3, -0.25) is 0 Å². The average Bonchev–Trinajstić information content (AvgIpc) is 2.60. The molecule has 0 fully saturated rings. The Hall–Kier alpha value is -2.53. The van der Waals surface area contributed by atoms with Gasteiger partial charge in [0.1, 0.15) is 0 Å². The van der Waals surface area contributed by atoms with Gasteiger partial charge in [-0.25, -0.2) is 0 Å². The minimum atomic E-state index is 0.181. The number of hydrogen-bond acceptors (Lipinski definition) is 2. The quantitative estimate of drug-likeness (QED) is 0.520. The maximum Gasteiger partial charge on any atom is 0.0998 e. The number of benzene rings is 2. The van der Waals surface area contributed by atoms with Gasteiger partial charge in [0.2, 0.25) is 0 Å². The highest BCUT2D eigenvalue weighted by Crippen LogP contribution is 2.43. The van der Waals surface area contributed by atoms with Gasteiger partial charge in [0, 0.05) is 17.8 Å². The zero-order chi connectivity index (χ0) is 18.0. The summed E-state index contributed by atoms with van der Waals surface area (Å²) >= 11 is 0. The molecule has 0 spiro atoms. The normalized spacial score (nSPS) is 19.2. The van der Waals surface area contributed by atoms with Gasteiger partial charge < -0.3 is 4.90 Å². The second-order valence-electron chi connectivity index (χ2n) is 7.52. The predicted octanol–water partition coefficient (Wildman–Crippen LogP) is 5.86. The summed E-state index contributed by atoms with van der Waals surface area (Å²) in [6.45, 7) is 10.2. The Kier molecular flexibility index (Phi) is 4.68. The summed E-state index contributed by atoms with van der Waals surface area (Å²) < 4.78 is 0. The van der Waals surface area contributed by atoms with Crippen molar-refractivity contribution < 1.29 is 0 Å². The van der Waals surface area contributed by atoms with Gasteiger partial charge in [-0.15, -0.1) is 0 Å². The lowest BCUT2D eigenvalue weighted by Crippen LogP contribution is -2.48. The van der Waals surface area contributed by atoms with Crippen molar-refractivity contribution in [1.29, 1.82) is 5.26 Å². The number of fused-ring (bicyclic) bond motifs is 1. The van der Waals surface area contributed by atoms with Gasteiger partial charge in [0.15, 0.2) is 0 Å². The molecule has 128 valence electrons. The fraction of sp³-hybridized carbons (Fsp3) is 0.348. The third kappa shape index (κ3) is 3.33. The van der Waals surface area contributed by atoms with Crippen molar-refractivity contribution in [2.24, 2.45) is 0 Å². The molecule has 0 amide bonds. The molecule has 0 aromatic heterocycles. The lowest BCUT2D eigenvalue weighted by atomic mass is 9.79. The van der Waals surface area contributed by atoms with Crippen LogP contribution in [0.4, 0.5) is 5.69 Å². The summed E-state index contributed by atoms with van der Waals surface area (Å²) in [5.41, 5.74) is 5.67. The minimum Gasteiger partial charge on any atom is -0.366 e. The van der Waals surface area contributed by atoms with E-state index in [1.807, 2.05) is 36.4 Å². The number of hydrogen-bond donors (Lipinski definition) is 0. The smallest absolute Gasteiger partial charge is 0.0998 e. The molecule has 1 heterocycles. The Morgan fingerprint density at radius 1 is 1.24 bits per heavy atom. The van der Waals surface area contributed by atoms with Crippen LogP contribution >= 0.6 is 0 Å². The third-order valence-corrected chi connectivity index (χ3v) is 5.24. The molecule has 2 aromatic rings. The van der Waals surface area contributed by atoms with E-state index < -0.39 is 0 Å². The molecule has 1 aliphatic heterocycles. The molecule has 0 bridgehead atoms. The molecule has 25 heavy (non-hydrogen) atoms. The van der Waals surface area contributed by atoms with E-state index in [1.54, 1.807) is 0 Å². The van der Waals surface area contributed by atoms with Gasteiger partial charge in [0.25, 0.3) is 0 Å². The van der Waals surface area contributed by atoms with Crippen molar-refractivity contribution >= 4 is 17.3 Å². The molecule has 3 rings (SSSR count). The Morgan fingerprint density at radius 2 is 1.96 bits per heavy atom. The highest BCUT2D eigenvalue weighted by Gasteiger charge is 2.35. The van der Waals surface area contributed by atoms with E-state index in [2.05, 4.69) is 56.9 Å². The topological polar surface area (TPSA) is 27.0 Å². The first-order valence-electron chi connectivity index (χ1n) is 9.05. The van der Waals surface area contributed by atoms with E-state index in [4.69, 9.17) is 0 Å². The van der Waals surface area contributed by atoms with Crippen LogP contribution in [-0.2, 0) is 0 Å². The first-order chi connectivity index (χ1) is 12.0. The molecular weight excluding hydrogens is 304 g/mol. The lowest BCUT2D eigenvalue weighted by molar-refractivity contribution is 0.381. The van der Waals surface area contributed by atoms with Crippen LogP contribution in [0, 0.1) is 11.3 Å². The van der Waals surface area contributed by atoms with Crippen molar-refractivity contribution in [2.75, 3.05) is 11.4 Å². The summed E-state index contributed by atoms with van der Waals surface area (Å²) in [6.07, 6.45) is 3.14. The van der Waals surface area contributed by atoms with Gasteiger partial charge >= 0.3 is 0 Å². The molecule has 1 aliphatic rings. The summed E-state index contributed by atoms with van der Waals surface area (Å²) in [6, 6.07) is 18.8. The zero-order valence-corrected chi connectivity index (χ0v) is 15.6. The summed E-state index contributed by atoms with van der Waals surface area (Å²) in [4.78, 5) is 2.50. The number of anilines is 1. The van der Waals surface area contributed by atoms with Crippen LogP contribution in [0.3, 0.4) is 0 Å². The predicted molar refractivity (Wildman–Crippen MR) is 106 cm³/mol. The van der Waals surface area contributed by atoms with Crippen molar-refractivity contribution in [3.8, 4) is 6.07 Å². The number of rotatable bonds is 3. The van der Waals surface area contributed by atoms with Crippen molar-refractivity contribution in [3.63, 3.8) is 0 Å². The molecular formula is C23H26N2. The van der Waals surface area contributed by atoms with Crippen molar-refractivity contribution in [3.05, 3.63) is 65.2 Å². The standard InChI is InChI=1S/C23H26N2/c1-5-25-22-12-11-18(14-21(22)17(2)15-23(25,3)4)13-20(16-24)19-9-7-6-8-10-19/h6-14,17H,5,15H2,1-4H3/b20-13+/t17-/m0/s1. The van der Waals surface area contributed by atoms with Crippen LogP contribution < -0.4 is 4.90 Å². The molecule has 2 aromatic carbocycles. The molecule has 2 heteroatoms. The van der Waals surface area contributed by atoms with Crippen LogP contribution in [0.2, 0.25) is 0 Å². The van der Waals surface area contributed by atoms with E-state index in [0.29, 0.717) is 11.5 Å². The Balaban J connectivity index is 2.03. The van der Waals surface area contributed by atoms with E-state index in [0.717, 1.165) is 24.1 Å². The van der Waals surface area contributed by atoms with E-state index in [9.17, 15) is 5.26 Å². The fourth-order valence-electron chi connectivity index (χ4n) is 4.16. The van der Waals surface area contributed by atoms with Crippen molar-refractivity contribution in [1.82, 2.24) is 0 Å². The molecule has 0 saturated heterocycles. The zero-order valence-electron chi connectivity index (χ0n) is 15.6. The Bertz CT molecular complexity index is 825. The second kappa shape index (κ2) is 6.76. The van der Waals surface area contributed by atoms with E-state index in [-0.39, 0.29) is 5.54 Å². The van der Waals surface area contributed by atoms with Gasteiger partial charge in [-0.1, -0.05) is 43.3 Å². The Labute approximate surface area is 151 Å². The molecule has 1 atom stereocenters. The Morgan fingerprint density at radius 3 is 2.60 bits per heavy atom. The molecule has 0 radical (unpaired) electrons. The van der Waals surface area contributed by atoms with Crippen LogP contribution in [0.1, 0.15) is 56.7 Å². The van der Waals surface area contributed by atoms with Crippen LogP contribution in [0.5, 0.6) is 0 Å². The molecule has 0 N–H and O–H groups in total. The minimum absolute atomic E-state index is 0.181. The summed E-state index contributed by atoms with van der Waals surface area (Å²) in [5.74, 6) is 0.517. The second-order valence-corrected chi connectivity index (χ2v) is 7.52. The van der Waals surface area contributed by atoms with Crippen molar-refractivity contribution in [2.45, 2.75) is 45.6 Å². The third-order valence-electron chi connectivity index (χ3n) is 5.24. The van der Waals surface area contributed by atoms with Crippen LogP contribution in [0.25, 0.3) is 11.6 Å². The van der Waals surface area contributed by atoms with Gasteiger partial charge in [0.05, 0.1) is 11.6 Å². The van der Waals surface area contributed by atoms with Crippen LogP contribution in [0.15, 0.2) is 48.5 Å². The van der Waals surface area contributed by atoms with Crippen LogP contribution in [-0.4, -0.2) is 12.1 Å². The maximum atomic E-state index is 9.55. The first kappa shape index (κ1) is 17.3. The van der Waals surface area contributed by atoms with E-state index >= 15 is 0 Å². The largest absolute Gasteiger partial charge is 0.366 e. The van der Waals surface area contributed by atoms with E-state index in [1.165, 1.54) is 11.3 Å². The first-order valence-corrected chi connectivity index (χ1v) is 9.05. The highest BCUT2D eigenvalue weighted by atomic mass is 15.2. The maximum absolute atomic E-state index is 9.55. The molecule has 0 unspecified atom stereocenters. The SMILES string of the molecule is CCN1c2ccc(/C=C(\C#N)c3ccccc3)cc2[C@@H](C)CC1(C)C. The number of nitrogens with zero attached hydrogens (tertiary/aromatic N) is 2. The lowest BCUT2D eigenvalue weighted by Gasteiger charge is -2.47. The highest BCUT2D eigenvalue weighted by molar-refractivity contribution is 5.90.